The number of amides is 1. The molecule has 0 saturated carbocycles. The molecule has 0 spiro atoms. The number of nitriles is 1. The van der Waals surface area contributed by atoms with Crippen molar-refractivity contribution in [2.45, 2.75) is 32.6 Å². The molecule has 0 aromatic carbocycles. The van der Waals surface area contributed by atoms with Crippen LogP contribution in [0.25, 0.3) is 0 Å². The van der Waals surface area contributed by atoms with E-state index in [1.54, 1.807) is 0 Å². The number of nitrogens with zero attached hydrogens (tertiary/aromatic N) is 2. The molecule has 1 rings (SSSR count). The van der Waals surface area contributed by atoms with Crippen LogP contribution in [0.3, 0.4) is 0 Å². The standard InChI is InChI=1S/C10H16N2O/c1-9-4-2-3-7-12(8-9)10(13)5-6-11/h9H,2-5,7-8H2,1H3. The van der Waals surface area contributed by atoms with Crippen molar-refractivity contribution in [1.29, 1.82) is 5.26 Å². The average Bonchev–Trinajstić information content (AvgIpc) is 2.30. The van der Waals surface area contributed by atoms with Gasteiger partial charge in [-0.25, -0.2) is 0 Å². The molecule has 0 radical (unpaired) electrons. The predicted octanol–water partition coefficient (Wildman–Crippen LogP) is 1.55. The van der Waals surface area contributed by atoms with Gasteiger partial charge in [-0.05, 0) is 18.8 Å². The van der Waals surface area contributed by atoms with Gasteiger partial charge in [0.15, 0.2) is 0 Å². The Morgan fingerprint density at radius 3 is 3.08 bits per heavy atom. The van der Waals surface area contributed by atoms with Crippen LogP contribution in [0.4, 0.5) is 0 Å². The summed E-state index contributed by atoms with van der Waals surface area (Å²) in [4.78, 5) is 13.2. The molecule has 1 atom stereocenters. The Kier molecular flexibility index (Phi) is 3.75. The fourth-order valence-electron chi connectivity index (χ4n) is 1.76. The molecule has 0 bridgehead atoms. The Morgan fingerprint density at radius 2 is 2.38 bits per heavy atom. The summed E-state index contributed by atoms with van der Waals surface area (Å²) in [5, 5.41) is 8.41. The zero-order valence-corrected chi connectivity index (χ0v) is 8.12. The third kappa shape index (κ3) is 3.06. The number of carbonyl (C=O) groups is 1. The van der Waals surface area contributed by atoms with Gasteiger partial charge in [0, 0.05) is 13.1 Å². The van der Waals surface area contributed by atoms with E-state index in [-0.39, 0.29) is 12.3 Å². The van der Waals surface area contributed by atoms with Crippen LogP contribution in [-0.2, 0) is 4.79 Å². The lowest BCUT2D eigenvalue weighted by Gasteiger charge is -2.21. The first-order chi connectivity index (χ1) is 6.24. The first kappa shape index (κ1) is 10.0. The van der Waals surface area contributed by atoms with Crippen LogP contribution in [-0.4, -0.2) is 23.9 Å². The predicted molar refractivity (Wildman–Crippen MR) is 49.8 cm³/mol. The number of hydrogen-bond donors (Lipinski definition) is 0. The highest BCUT2D eigenvalue weighted by molar-refractivity contribution is 5.78. The Morgan fingerprint density at radius 1 is 1.62 bits per heavy atom. The van der Waals surface area contributed by atoms with Crippen molar-refractivity contribution >= 4 is 5.91 Å². The molecule has 1 aliphatic heterocycles. The summed E-state index contributed by atoms with van der Waals surface area (Å²) in [6.45, 7) is 3.84. The van der Waals surface area contributed by atoms with E-state index >= 15 is 0 Å². The molecule has 1 saturated heterocycles. The normalized spacial score (nSPS) is 23.4. The molecule has 0 N–H and O–H groups in total. The topological polar surface area (TPSA) is 44.1 Å². The molecule has 72 valence electrons. The second-order valence-corrected chi connectivity index (χ2v) is 3.78. The summed E-state index contributed by atoms with van der Waals surface area (Å²) in [6.07, 6.45) is 3.53. The zero-order valence-electron chi connectivity index (χ0n) is 8.12. The fraction of sp³-hybridized carbons (Fsp3) is 0.800. The Hall–Kier alpha value is -1.04. The lowest BCUT2D eigenvalue weighted by molar-refractivity contribution is -0.130. The molecule has 1 heterocycles. The van der Waals surface area contributed by atoms with Crippen LogP contribution < -0.4 is 0 Å². The van der Waals surface area contributed by atoms with Gasteiger partial charge in [-0.2, -0.15) is 5.26 Å². The van der Waals surface area contributed by atoms with Crippen LogP contribution in [0, 0.1) is 17.2 Å². The molecule has 1 aliphatic rings. The highest BCUT2D eigenvalue weighted by Crippen LogP contribution is 2.15. The van der Waals surface area contributed by atoms with Crippen LogP contribution in [0.2, 0.25) is 0 Å². The fourth-order valence-corrected chi connectivity index (χ4v) is 1.76. The van der Waals surface area contributed by atoms with E-state index < -0.39 is 0 Å². The van der Waals surface area contributed by atoms with E-state index in [9.17, 15) is 4.79 Å². The van der Waals surface area contributed by atoms with Gasteiger partial charge in [0.25, 0.3) is 0 Å². The van der Waals surface area contributed by atoms with Crippen molar-refractivity contribution in [2.75, 3.05) is 13.1 Å². The van der Waals surface area contributed by atoms with E-state index in [0.29, 0.717) is 5.92 Å². The van der Waals surface area contributed by atoms with Crippen molar-refractivity contribution in [2.24, 2.45) is 5.92 Å². The number of likely N-dealkylation sites (tertiary alicyclic amines) is 1. The minimum atomic E-state index is -0.00347. The maximum atomic E-state index is 11.4. The minimum Gasteiger partial charge on any atom is -0.342 e. The second kappa shape index (κ2) is 4.86. The Balaban J connectivity index is 2.48. The molecule has 13 heavy (non-hydrogen) atoms. The monoisotopic (exact) mass is 180 g/mol. The highest BCUT2D eigenvalue weighted by Gasteiger charge is 2.18. The molecule has 3 heteroatoms. The molecular formula is C10H16N2O. The largest absolute Gasteiger partial charge is 0.342 e. The summed E-state index contributed by atoms with van der Waals surface area (Å²) >= 11 is 0. The van der Waals surface area contributed by atoms with E-state index in [1.807, 2.05) is 11.0 Å². The number of hydrogen-bond acceptors (Lipinski definition) is 2. The number of rotatable bonds is 1. The van der Waals surface area contributed by atoms with Gasteiger partial charge < -0.3 is 4.90 Å². The highest BCUT2D eigenvalue weighted by atomic mass is 16.2. The summed E-state index contributed by atoms with van der Waals surface area (Å²) in [7, 11) is 0. The van der Waals surface area contributed by atoms with Crippen molar-refractivity contribution in [1.82, 2.24) is 4.90 Å². The summed E-state index contributed by atoms with van der Waals surface area (Å²) in [5.74, 6) is 0.585. The first-order valence-electron chi connectivity index (χ1n) is 4.88. The van der Waals surface area contributed by atoms with Crippen molar-refractivity contribution in [3.63, 3.8) is 0 Å². The second-order valence-electron chi connectivity index (χ2n) is 3.78. The van der Waals surface area contributed by atoms with Gasteiger partial charge >= 0.3 is 0 Å². The van der Waals surface area contributed by atoms with Crippen LogP contribution in [0.15, 0.2) is 0 Å². The molecule has 1 fully saturated rings. The smallest absolute Gasteiger partial charge is 0.236 e. The van der Waals surface area contributed by atoms with Gasteiger partial charge in [-0.1, -0.05) is 13.3 Å². The quantitative estimate of drug-likeness (QED) is 0.614. The molecule has 0 aromatic rings. The molecule has 0 aliphatic carbocycles. The number of carbonyl (C=O) groups excluding carboxylic acids is 1. The summed E-state index contributed by atoms with van der Waals surface area (Å²) in [6, 6.07) is 1.91. The zero-order chi connectivity index (χ0) is 9.68. The lowest BCUT2D eigenvalue weighted by Crippen LogP contribution is -2.33. The Labute approximate surface area is 79.3 Å². The van der Waals surface area contributed by atoms with E-state index in [2.05, 4.69) is 6.92 Å². The SMILES string of the molecule is CC1CCCCN(C(=O)CC#N)C1. The van der Waals surface area contributed by atoms with E-state index in [4.69, 9.17) is 5.26 Å². The molecule has 1 unspecified atom stereocenters. The molecule has 0 aromatic heterocycles. The maximum absolute atomic E-state index is 11.4. The van der Waals surface area contributed by atoms with Gasteiger partial charge in [-0.15, -0.1) is 0 Å². The molecule has 3 nitrogen and oxygen atoms in total. The van der Waals surface area contributed by atoms with Crippen molar-refractivity contribution in [3.8, 4) is 6.07 Å². The third-order valence-corrected chi connectivity index (χ3v) is 2.49. The minimum absolute atomic E-state index is 0.00347. The Bertz CT molecular complexity index is 219. The summed E-state index contributed by atoms with van der Waals surface area (Å²) < 4.78 is 0. The summed E-state index contributed by atoms with van der Waals surface area (Å²) in [5.41, 5.74) is 0. The average molecular weight is 180 g/mol. The lowest BCUT2D eigenvalue weighted by atomic mass is 10.1. The first-order valence-corrected chi connectivity index (χ1v) is 4.88. The molecular weight excluding hydrogens is 164 g/mol. The van der Waals surface area contributed by atoms with E-state index in [0.717, 1.165) is 19.5 Å². The van der Waals surface area contributed by atoms with Gasteiger partial charge in [-0.3, -0.25) is 4.79 Å². The van der Waals surface area contributed by atoms with Gasteiger partial charge in [0.1, 0.15) is 6.42 Å². The van der Waals surface area contributed by atoms with Crippen LogP contribution in [0.5, 0.6) is 0 Å². The molecule has 1 amide bonds. The maximum Gasteiger partial charge on any atom is 0.236 e. The van der Waals surface area contributed by atoms with Crippen LogP contribution in [0.1, 0.15) is 32.6 Å². The van der Waals surface area contributed by atoms with Gasteiger partial charge in [0.05, 0.1) is 6.07 Å². The van der Waals surface area contributed by atoms with Crippen molar-refractivity contribution in [3.05, 3.63) is 0 Å². The third-order valence-electron chi connectivity index (χ3n) is 2.49. The van der Waals surface area contributed by atoms with Gasteiger partial charge in [0.2, 0.25) is 5.91 Å². The van der Waals surface area contributed by atoms with E-state index in [1.165, 1.54) is 12.8 Å². The van der Waals surface area contributed by atoms with Crippen LogP contribution >= 0.6 is 0 Å². The van der Waals surface area contributed by atoms with Crippen molar-refractivity contribution < 1.29 is 4.79 Å².